The van der Waals surface area contributed by atoms with Gasteiger partial charge in [0.1, 0.15) is 29.7 Å². The van der Waals surface area contributed by atoms with Gasteiger partial charge in [0.25, 0.3) is 11.8 Å². The van der Waals surface area contributed by atoms with Crippen LogP contribution in [0.4, 0.5) is 5.69 Å². The Morgan fingerprint density at radius 3 is 1.64 bits per heavy atom. The van der Waals surface area contributed by atoms with Crippen molar-refractivity contribution in [1.82, 2.24) is 52.3 Å². The molecule has 23 nitrogen and oxygen atoms in total. The van der Waals surface area contributed by atoms with E-state index in [0.717, 1.165) is 71.7 Å². The average molecular weight is 1290 g/mol. The summed E-state index contributed by atoms with van der Waals surface area (Å²) >= 11 is 1.01. The summed E-state index contributed by atoms with van der Waals surface area (Å²) in [6.07, 6.45) is 5.02. The number of benzene rings is 4. The molecule has 2 heterocycles. The molecule has 8 rings (SSSR count). The van der Waals surface area contributed by atoms with E-state index in [1.54, 1.807) is 60.0 Å². The van der Waals surface area contributed by atoms with Crippen LogP contribution in [0.25, 0.3) is 0 Å². The van der Waals surface area contributed by atoms with Crippen molar-refractivity contribution in [2.75, 3.05) is 51.5 Å². The van der Waals surface area contributed by atoms with Gasteiger partial charge < -0.3 is 73.0 Å². The minimum Gasteiger partial charge on any atom is -0.394 e. The molecule has 9 amide bonds. The SMILES string of the molecule is CN[C@@H](C)C(=O)N[C@H](C(=O)N1C[C@@H](NC(=O)c2ccc(C(=O)Nc3ccc4c(c3)CN(C(=O)[C@@H](NC(=O)[C@H](C)NC)C(C)(C)SCC(=O)NC(CO)(CO)CO)[C@H](C(=O)N[C@@H]3CCCc5ccccc53)C4)cc2)C[C@H]1C(=O)N[C@@H]1CCCc2ccccc21)C(C)(C)C. The van der Waals surface area contributed by atoms with Gasteiger partial charge in [0.05, 0.1) is 49.7 Å². The van der Waals surface area contributed by atoms with Gasteiger partial charge in [-0.05, 0) is 162 Å². The number of likely N-dealkylation sites (N-methyl/N-ethyl adjacent to an activating group) is 2. The summed E-state index contributed by atoms with van der Waals surface area (Å²) in [5.41, 5.74) is 3.95. The van der Waals surface area contributed by atoms with Crippen molar-refractivity contribution >= 4 is 70.6 Å². The van der Waals surface area contributed by atoms with Gasteiger partial charge in [-0.15, -0.1) is 11.8 Å². The molecule has 0 radical (unpaired) electrons. The molecule has 4 aromatic carbocycles. The third-order valence-electron chi connectivity index (χ3n) is 18.4. The van der Waals surface area contributed by atoms with Crippen LogP contribution in [0.3, 0.4) is 0 Å². The molecule has 92 heavy (non-hydrogen) atoms. The fraction of sp³-hybridized carbons (Fsp3) is 0.515. The molecule has 2 aliphatic heterocycles. The number of anilines is 1. The molecule has 0 saturated carbocycles. The van der Waals surface area contributed by atoms with E-state index < -0.39 is 119 Å². The van der Waals surface area contributed by atoms with E-state index in [1.807, 2.05) is 63.2 Å². The zero-order valence-electron chi connectivity index (χ0n) is 54.1. The summed E-state index contributed by atoms with van der Waals surface area (Å²) < 4.78 is -1.25. The Hall–Kier alpha value is -7.74. The molecular weight excluding hydrogens is 1190 g/mol. The summed E-state index contributed by atoms with van der Waals surface area (Å²) in [5.74, 6) is -4.76. The summed E-state index contributed by atoms with van der Waals surface area (Å²) in [6.45, 7) is 9.78. The van der Waals surface area contributed by atoms with Crippen LogP contribution in [-0.2, 0) is 59.4 Å². The third kappa shape index (κ3) is 16.5. The number of aryl methyl sites for hydroxylation is 2. The number of hydrogen-bond donors (Lipinski definition) is 12. The highest BCUT2D eigenvalue weighted by molar-refractivity contribution is 8.01. The molecule has 1 saturated heterocycles. The Balaban J connectivity index is 1.00. The second-order valence-corrected chi connectivity index (χ2v) is 28.0. The first-order valence-corrected chi connectivity index (χ1v) is 32.7. The number of hydrogen-bond acceptors (Lipinski definition) is 15. The highest BCUT2D eigenvalue weighted by atomic mass is 32.2. The zero-order chi connectivity index (χ0) is 66.8. The normalized spacial score (nSPS) is 20.1. The van der Waals surface area contributed by atoms with Gasteiger partial charge in [0.15, 0.2) is 0 Å². The van der Waals surface area contributed by atoms with Crippen molar-refractivity contribution in [3.05, 3.63) is 136 Å². The predicted octanol–water partition coefficient (Wildman–Crippen LogP) is 2.85. The molecule has 12 N–H and O–H groups in total. The Morgan fingerprint density at radius 1 is 0.598 bits per heavy atom. The maximum Gasteiger partial charge on any atom is 0.255 e. The van der Waals surface area contributed by atoms with Crippen LogP contribution >= 0.6 is 11.8 Å². The smallest absolute Gasteiger partial charge is 0.255 e. The van der Waals surface area contributed by atoms with Gasteiger partial charge in [-0.25, -0.2) is 0 Å². The first kappa shape index (κ1) is 70.1. The fourth-order valence-electron chi connectivity index (χ4n) is 12.4. The minimum atomic E-state index is -1.70. The number of fused-ring (bicyclic) bond motifs is 3. The van der Waals surface area contributed by atoms with Crippen molar-refractivity contribution in [3.8, 4) is 0 Å². The lowest BCUT2D eigenvalue weighted by Gasteiger charge is -2.42. The molecule has 0 bridgehead atoms. The van der Waals surface area contributed by atoms with Crippen LogP contribution in [0.5, 0.6) is 0 Å². The summed E-state index contributed by atoms with van der Waals surface area (Å²) in [4.78, 5) is 131. The minimum absolute atomic E-state index is 0.0125. The van der Waals surface area contributed by atoms with Gasteiger partial charge in [0.2, 0.25) is 41.4 Å². The Labute approximate surface area is 542 Å². The number of nitrogens with zero attached hydrogens (tertiary/aromatic N) is 2. The maximum absolute atomic E-state index is 15.5. The number of carbonyl (C=O) groups excluding carboxylic acids is 9. The highest BCUT2D eigenvalue weighted by Crippen LogP contribution is 2.36. The van der Waals surface area contributed by atoms with Crippen molar-refractivity contribution in [3.63, 3.8) is 0 Å². The molecule has 4 aromatic rings. The second kappa shape index (κ2) is 30.3. The van der Waals surface area contributed by atoms with Crippen LogP contribution in [0.1, 0.15) is 147 Å². The maximum atomic E-state index is 15.5. The molecule has 24 heteroatoms. The first-order chi connectivity index (χ1) is 43.7. The van der Waals surface area contributed by atoms with E-state index in [-0.39, 0.29) is 66.7 Å². The largest absolute Gasteiger partial charge is 0.394 e. The first-order valence-electron chi connectivity index (χ1n) is 31.7. The highest BCUT2D eigenvalue weighted by Gasteiger charge is 2.48. The topological polar surface area (TPSA) is 329 Å². The van der Waals surface area contributed by atoms with Crippen LogP contribution in [0.2, 0.25) is 0 Å². The molecule has 496 valence electrons. The standard InChI is InChI=1S/C68H91N11O12S/c1-39(69-8)58(84)75-56(66(3,4)5)64(90)79-34-48(32-54(79)63(89)74-52-23-15-19-42-17-11-13-21-50(42)52)72-61(87)44-26-24-43(25-27-44)60(86)71-47-29-28-45-31-53(62(88)73-51-22-14-18-41-16-10-12-20-49(41)51)78(33-46(45)30-47)65(91)57(76-59(85)40(2)70-9)67(6,7)92-35-55(83)77-68(36-80,37-81)38-82/h10-13,16-17,20-21,24-30,39-40,48,51-54,56-57,69-70,80-82H,14-15,18-19,22-23,31-38H2,1-9H3,(H,71,86)(H,72,87)(H,73,88)(H,74,89)(H,75,84)(H,76,85)(H,77,83)/t39-,40-,48-,51+,52+,53-,54-,56+,57+/m0/s1. The number of nitrogens with one attached hydrogen (secondary N) is 9. The average Bonchev–Trinajstić information content (AvgIpc) is 0.964. The van der Waals surface area contributed by atoms with Gasteiger partial charge in [-0.2, -0.15) is 0 Å². The quantitative estimate of drug-likeness (QED) is 0.0480. The summed E-state index contributed by atoms with van der Waals surface area (Å²) in [6, 6.07) is 20.1. The van der Waals surface area contributed by atoms with Gasteiger partial charge >= 0.3 is 0 Å². The van der Waals surface area contributed by atoms with Gasteiger partial charge in [0, 0.05) is 47.1 Å². The number of aliphatic hydroxyl groups excluding tert-OH is 3. The molecule has 9 atom stereocenters. The number of likely N-dealkylation sites (tertiary alicyclic amines) is 1. The monoisotopic (exact) mass is 1290 g/mol. The molecule has 0 spiro atoms. The summed E-state index contributed by atoms with van der Waals surface area (Å²) in [7, 11) is 3.23. The van der Waals surface area contributed by atoms with Crippen LogP contribution < -0.4 is 47.9 Å². The Bertz CT molecular complexity index is 3360. The van der Waals surface area contributed by atoms with E-state index >= 15 is 4.79 Å². The Morgan fingerprint density at radius 2 is 1.11 bits per heavy atom. The number of amides is 9. The number of aliphatic hydroxyl groups is 3. The second-order valence-electron chi connectivity index (χ2n) is 26.4. The van der Waals surface area contributed by atoms with E-state index in [1.165, 1.54) is 34.1 Å². The Kier molecular flexibility index (Phi) is 23.1. The number of rotatable bonds is 24. The van der Waals surface area contributed by atoms with Crippen LogP contribution in [-0.4, -0.2) is 177 Å². The van der Waals surface area contributed by atoms with Crippen molar-refractivity contribution < 1.29 is 58.5 Å². The van der Waals surface area contributed by atoms with E-state index in [4.69, 9.17) is 0 Å². The molecule has 0 aromatic heterocycles. The molecule has 2 aliphatic carbocycles. The lowest BCUT2D eigenvalue weighted by atomic mass is 9.85. The molecular formula is C68H91N11O12S. The van der Waals surface area contributed by atoms with Crippen molar-refractivity contribution in [1.29, 1.82) is 0 Å². The van der Waals surface area contributed by atoms with E-state index in [0.29, 0.717) is 17.7 Å². The fourth-order valence-corrected chi connectivity index (χ4v) is 13.3. The molecule has 0 unspecified atom stereocenters. The summed E-state index contributed by atoms with van der Waals surface area (Å²) in [5, 5.41) is 56.2. The van der Waals surface area contributed by atoms with Gasteiger partial charge in [-0.3, -0.25) is 43.2 Å². The van der Waals surface area contributed by atoms with Crippen molar-refractivity contribution in [2.24, 2.45) is 5.41 Å². The van der Waals surface area contributed by atoms with Crippen LogP contribution in [0, 0.1) is 5.41 Å². The van der Waals surface area contributed by atoms with Crippen molar-refractivity contribution in [2.45, 2.75) is 171 Å². The lowest BCUT2D eigenvalue weighted by Crippen LogP contribution is -2.63. The molecule has 4 aliphatic rings. The van der Waals surface area contributed by atoms with E-state index in [2.05, 4.69) is 53.9 Å². The predicted molar refractivity (Wildman–Crippen MR) is 350 cm³/mol. The zero-order valence-corrected chi connectivity index (χ0v) is 54.9. The van der Waals surface area contributed by atoms with E-state index in [9.17, 15) is 53.7 Å². The lowest BCUT2D eigenvalue weighted by molar-refractivity contribution is -0.145. The third-order valence-corrected chi connectivity index (χ3v) is 19.7. The number of carbonyl (C=O) groups is 9. The molecule has 1 fully saturated rings. The van der Waals surface area contributed by atoms with Crippen LogP contribution in [0.15, 0.2) is 91.0 Å². The number of thioether (sulfide) groups is 1. The van der Waals surface area contributed by atoms with Gasteiger partial charge in [-0.1, -0.05) is 75.4 Å².